The minimum Gasteiger partial charge on any atom is -0.462 e. The van der Waals surface area contributed by atoms with Gasteiger partial charge in [-0.3, -0.25) is 0 Å². The first kappa shape index (κ1) is 14.0. The molecule has 1 atom stereocenters. The Morgan fingerprint density at radius 2 is 2.00 bits per heavy atom. The van der Waals surface area contributed by atoms with Crippen LogP contribution in [-0.2, 0) is 9.53 Å². The van der Waals surface area contributed by atoms with Crippen molar-refractivity contribution in [2.75, 3.05) is 6.61 Å². The SMILES string of the molecule is C=C(C)C(=O)OCC(C)CCC(F)(F)F. The van der Waals surface area contributed by atoms with E-state index in [9.17, 15) is 18.0 Å². The van der Waals surface area contributed by atoms with E-state index in [1.54, 1.807) is 6.92 Å². The molecule has 88 valence electrons. The van der Waals surface area contributed by atoms with Crippen molar-refractivity contribution in [3.8, 4) is 0 Å². The van der Waals surface area contributed by atoms with Crippen molar-refractivity contribution in [1.82, 2.24) is 0 Å². The molecule has 0 bridgehead atoms. The van der Waals surface area contributed by atoms with Crippen LogP contribution in [0, 0.1) is 5.92 Å². The fourth-order valence-electron chi connectivity index (χ4n) is 0.835. The highest BCUT2D eigenvalue weighted by Crippen LogP contribution is 2.24. The summed E-state index contributed by atoms with van der Waals surface area (Å²) in [6.45, 7) is 6.46. The van der Waals surface area contributed by atoms with E-state index in [1.165, 1.54) is 6.92 Å². The minimum atomic E-state index is -4.15. The third-order valence-electron chi connectivity index (χ3n) is 1.77. The highest BCUT2D eigenvalue weighted by atomic mass is 19.4. The summed E-state index contributed by atoms with van der Waals surface area (Å²) in [5.74, 6) is -0.858. The lowest BCUT2D eigenvalue weighted by Crippen LogP contribution is -2.15. The van der Waals surface area contributed by atoms with E-state index in [0.29, 0.717) is 0 Å². The molecule has 0 fully saturated rings. The molecule has 0 N–H and O–H groups in total. The zero-order valence-corrected chi connectivity index (χ0v) is 8.86. The van der Waals surface area contributed by atoms with Crippen LogP contribution < -0.4 is 0 Å². The average molecular weight is 224 g/mol. The van der Waals surface area contributed by atoms with Crippen molar-refractivity contribution in [3.05, 3.63) is 12.2 Å². The first-order valence-electron chi connectivity index (χ1n) is 4.61. The van der Waals surface area contributed by atoms with Crippen LogP contribution in [0.2, 0.25) is 0 Å². The molecule has 15 heavy (non-hydrogen) atoms. The fourth-order valence-corrected chi connectivity index (χ4v) is 0.835. The van der Waals surface area contributed by atoms with E-state index in [-0.39, 0.29) is 24.5 Å². The maximum Gasteiger partial charge on any atom is 0.389 e. The molecule has 0 aromatic rings. The summed E-state index contributed by atoms with van der Waals surface area (Å²) in [6.07, 6.45) is -5.03. The topological polar surface area (TPSA) is 26.3 Å². The van der Waals surface area contributed by atoms with Gasteiger partial charge in [-0.15, -0.1) is 0 Å². The molecule has 0 spiro atoms. The number of rotatable bonds is 5. The summed E-state index contributed by atoms with van der Waals surface area (Å²) in [7, 11) is 0. The molecule has 0 amide bonds. The Balaban J connectivity index is 3.71. The first-order valence-corrected chi connectivity index (χ1v) is 4.61. The van der Waals surface area contributed by atoms with Crippen molar-refractivity contribution in [3.63, 3.8) is 0 Å². The van der Waals surface area contributed by atoms with E-state index < -0.39 is 18.6 Å². The van der Waals surface area contributed by atoms with Crippen LogP contribution in [0.1, 0.15) is 26.7 Å². The lowest BCUT2D eigenvalue weighted by atomic mass is 10.1. The van der Waals surface area contributed by atoms with Crippen molar-refractivity contribution < 1.29 is 22.7 Å². The van der Waals surface area contributed by atoms with Gasteiger partial charge >= 0.3 is 12.1 Å². The second kappa shape index (κ2) is 5.78. The molecule has 0 heterocycles. The maximum absolute atomic E-state index is 11.8. The molecule has 5 heteroatoms. The Labute approximate surface area is 87.1 Å². The van der Waals surface area contributed by atoms with Gasteiger partial charge in [0.05, 0.1) is 6.61 Å². The van der Waals surface area contributed by atoms with Gasteiger partial charge in [0.2, 0.25) is 0 Å². The highest BCUT2D eigenvalue weighted by molar-refractivity contribution is 5.86. The number of halogens is 3. The third-order valence-corrected chi connectivity index (χ3v) is 1.77. The zero-order chi connectivity index (χ0) is 12.1. The number of esters is 1. The van der Waals surface area contributed by atoms with E-state index in [4.69, 9.17) is 4.74 Å². The van der Waals surface area contributed by atoms with Crippen molar-refractivity contribution in [2.24, 2.45) is 5.92 Å². The van der Waals surface area contributed by atoms with Crippen LogP contribution in [0.3, 0.4) is 0 Å². The van der Waals surface area contributed by atoms with Crippen LogP contribution in [0.25, 0.3) is 0 Å². The number of carbonyl (C=O) groups excluding carboxylic acids is 1. The second-order valence-electron chi connectivity index (χ2n) is 3.64. The van der Waals surface area contributed by atoms with Gasteiger partial charge < -0.3 is 4.74 Å². The Morgan fingerprint density at radius 1 is 1.47 bits per heavy atom. The molecular formula is C10H15F3O2. The average Bonchev–Trinajstić information content (AvgIpc) is 2.09. The summed E-state index contributed by atoms with van der Waals surface area (Å²) in [4.78, 5) is 10.9. The molecule has 0 aliphatic heterocycles. The standard InChI is InChI=1S/C10H15F3O2/c1-7(2)9(14)15-6-8(3)4-5-10(11,12)13/h8H,1,4-6H2,2-3H3. The smallest absolute Gasteiger partial charge is 0.389 e. The number of ether oxygens (including phenoxy) is 1. The fraction of sp³-hybridized carbons (Fsp3) is 0.700. The number of hydrogen-bond donors (Lipinski definition) is 0. The van der Waals surface area contributed by atoms with Crippen LogP contribution in [0.15, 0.2) is 12.2 Å². The van der Waals surface area contributed by atoms with Crippen LogP contribution in [0.4, 0.5) is 13.2 Å². The molecule has 1 unspecified atom stereocenters. The van der Waals surface area contributed by atoms with E-state index >= 15 is 0 Å². The predicted octanol–water partition coefficient (Wildman–Crippen LogP) is 3.08. The van der Waals surface area contributed by atoms with E-state index in [1.807, 2.05) is 0 Å². The molecule has 0 aromatic carbocycles. The quantitative estimate of drug-likeness (QED) is 0.530. The van der Waals surface area contributed by atoms with E-state index in [2.05, 4.69) is 6.58 Å². The van der Waals surface area contributed by atoms with Gasteiger partial charge in [0, 0.05) is 12.0 Å². The van der Waals surface area contributed by atoms with Crippen LogP contribution in [-0.4, -0.2) is 18.8 Å². The molecular weight excluding hydrogens is 209 g/mol. The molecule has 2 nitrogen and oxygen atoms in total. The normalized spacial score (nSPS) is 13.4. The zero-order valence-electron chi connectivity index (χ0n) is 8.86. The van der Waals surface area contributed by atoms with Gasteiger partial charge in [-0.25, -0.2) is 4.79 Å². The summed E-state index contributed by atoms with van der Waals surface area (Å²) < 4.78 is 40.2. The molecule has 0 saturated heterocycles. The summed E-state index contributed by atoms with van der Waals surface area (Å²) in [6, 6.07) is 0. The van der Waals surface area contributed by atoms with Gasteiger partial charge in [0.25, 0.3) is 0 Å². The Morgan fingerprint density at radius 3 is 2.40 bits per heavy atom. The Hall–Kier alpha value is -1.00. The van der Waals surface area contributed by atoms with Crippen molar-refractivity contribution >= 4 is 5.97 Å². The number of carbonyl (C=O) groups is 1. The maximum atomic E-state index is 11.8. The molecule has 0 radical (unpaired) electrons. The summed E-state index contributed by atoms with van der Waals surface area (Å²) in [5, 5.41) is 0. The van der Waals surface area contributed by atoms with Gasteiger partial charge in [-0.05, 0) is 19.3 Å². The first-order chi connectivity index (χ1) is 6.72. The molecule has 0 rings (SSSR count). The van der Waals surface area contributed by atoms with Crippen molar-refractivity contribution in [2.45, 2.75) is 32.9 Å². The van der Waals surface area contributed by atoms with Gasteiger partial charge in [0.1, 0.15) is 0 Å². The monoisotopic (exact) mass is 224 g/mol. The number of alkyl halides is 3. The molecule has 0 saturated carbocycles. The Kier molecular flexibility index (Phi) is 5.39. The second-order valence-corrected chi connectivity index (χ2v) is 3.64. The predicted molar refractivity (Wildman–Crippen MR) is 50.2 cm³/mol. The lowest BCUT2D eigenvalue weighted by molar-refractivity contribution is -0.143. The summed E-state index contributed by atoms with van der Waals surface area (Å²) >= 11 is 0. The number of hydrogen-bond acceptors (Lipinski definition) is 2. The van der Waals surface area contributed by atoms with E-state index in [0.717, 1.165) is 0 Å². The molecule has 0 aliphatic rings. The molecule has 0 aliphatic carbocycles. The minimum absolute atomic E-state index is 0.00176. The van der Waals surface area contributed by atoms with Gasteiger partial charge in [-0.2, -0.15) is 13.2 Å². The highest BCUT2D eigenvalue weighted by Gasteiger charge is 2.27. The van der Waals surface area contributed by atoms with Crippen LogP contribution in [0.5, 0.6) is 0 Å². The molecule has 0 aromatic heterocycles. The van der Waals surface area contributed by atoms with Gasteiger partial charge in [-0.1, -0.05) is 13.5 Å². The van der Waals surface area contributed by atoms with Crippen LogP contribution >= 0.6 is 0 Å². The Bertz CT molecular complexity index is 233. The summed E-state index contributed by atoms with van der Waals surface area (Å²) in [5.41, 5.74) is 0.248. The van der Waals surface area contributed by atoms with Gasteiger partial charge in [0.15, 0.2) is 0 Å². The third kappa shape index (κ3) is 8.03. The lowest BCUT2D eigenvalue weighted by Gasteiger charge is -2.13. The van der Waals surface area contributed by atoms with Crippen molar-refractivity contribution in [1.29, 1.82) is 0 Å². The largest absolute Gasteiger partial charge is 0.462 e.